The number of aromatic hydroxyl groups is 2. The van der Waals surface area contributed by atoms with Crippen molar-refractivity contribution in [1.29, 1.82) is 0 Å². The Balaban J connectivity index is 0.000000162. The molecule has 2 N–H and O–H groups in total. The highest BCUT2D eigenvalue weighted by molar-refractivity contribution is 9.11. The van der Waals surface area contributed by atoms with Crippen LogP contribution in [-0.4, -0.2) is 21.8 Å². The number of hydrogen-bond acceptors (Lipinski definition) is 8. The van der Waals surface area contributed by atoms with Crippen LogP contribution in [0, 0.1) is 0 Å². The molecule has 312 valence electrons. The molecule has 0 atom stereocenters. The predicted octanol–water partition coefficient (Wildman–Crippen LogP) is 14.1. The topological polar surface area (TPSA) is 135 Å². The molecule has 0 aliphatic heterocycles. The maximum Gasteiger partial charge on any atom is 0.200 e. The Labute approximate surface area is 396 Å². The molecule has 0 unspecified atom stereocenters. The molecule has 2 aromatic heterocycles. The standard InChI is InChI=1S/2C26H14Br2O4/c2*27-16-6-8-22(29)19(12-16)24(30)15-10-18(14-4-2-1-3-5-14)26-21(11-15)25(31)20-13-17(28)7-9-23(20)32-26/h2*1-13,29H. The van der Waals surface area contributed by atoms with Gasteiger partial charge in [-0.2, -0.15) is 0 Å². The van der Waals surface area contributed by atoms with Crippen LogP contribution in [0.1, 0.15) is 31.8 Å². The molecule has 0 amide bonds. The van der Waals surface area contributed by atoms with Crippen LogP contribution in [0.15, 0.2) is 194 Å². The number of carbonyl (C=O) groups is 2. The second kappa shape index (κ2) is 17.6. The number of phenols is 2. The van der Waals surface area contributed by atoms with E-state index in [2.05, 4.69) is 63.7 Å². The molecule has 0 saturated heterocycles. The fraction of sp³-hybridized carbons (Fsp3) is 0. The van der Waals surface area contributed by atoms with Gasteiger partial charge in [0.25, 0.3) is 0 Å². The van der Waals surface area contributed by atoms with Crippen LogP contribution in [0.25, 0.3) is 66.1 Å². The predicted molar refractivity (Wildman–Crippen MR) is 265 cm³/mol. The first-order valence-corrected chi connectivity index (χ1v) is 22.6. The molecule has 10 aromatic rings. The number of phenolic OH excluding ortho intramolecular Hbond substituents is 2. The van der Waals surface area contributed by atoms with Crippen LogP contribution in [0.3, 0.4) is 0 Å². The average Bonchev–Trinajstić information content (AvgIpc) is 3.31. The zero-order chi connectivity index (χ0) is 44.8. The highest BCUT2D eigenvalue weighted by Gasteiger charge is 2.22. The van der Waals surface area contributed by atoms with E-state index in [9.17, 15) is 29.4 Å². The van der Waals surface area contributed by atoms with Crippen LogP contribution in [0.5, 0.6) is 11.5 Å². The molecule has 8 aromatic carbocycles. The Morgan fingerprint density at radius 1 is 0.406 bits per heavy atom. The summed E-state index contributed by atoms with van der Waals surface area (Å²) >= 11 is 13.5. The van der Waals surface area contributed by atoms with Crippen molar-refractivity contribution >= 4 is 119 Å². The second-order valence-corrected chi connectivity index (χ2v) is 18.3. The Hall–Kier alpha value is -6.44. The lowest BCUT2D eigenvalue weighted by atomic mass is 9.94. The molecule has 2 heterocycles. The number of rotatable bonds is 6. The van der Waals surface area contributed by atoms with Gasteiger partial charge >= 0.3 is 0 Å². The molecule has 0 radical (unpaired) electrons. The summed E-state index contributed by atoms with van der Waals surface area (Å²) in [4.78, 5) is 53.5. The summed E-state index contributed by atoms with van der Waals surface area (Å²) in [6.45, 7) is 0. The van der Waals surface area contributed by atoms with Gasteiger partial charge in [-0.25, -0.2) is 0 Å². The fourth-order valence-corrected chi connectivity index (χ4v) is 8.92. The normalized spacial score (nSPS) is 11.2. The smallest absolute Gasteiger partial charge is 0.200 e. The molecular formula is C52H28Br4O8. The number of halogens is 4. The van der Waals surface area contributed by atoms with Gasteiger partial charge in [-0.1, -0.05) is 124 Å². The summed E-state index contributed by atoms with van der Waals surface area (Å²) < 4.78 is 15.2. The molecule has 8 nitrogen and oxygen atoms in total. The summed E-state index contributed by atoms with van der Waals surface area (Å²) in [6.07, 6.45) is 0. The van der Waals surface area contributed by atoms with E-state index < -0.39 is 11.6 Å². The van der Waals surface area contributed by atoms with Gasteiger partial charge in [-0.05, 0) is 108 Å². The van der Waals surface area contributed by atoms with Crippen LogP contribution < -0.4 is 10.9 Å². The van der Waals surface area contributed by atoms with Gasteiger partial charge in [0.05, 0.1) is 32.7 Å². The molecular weight excluding hydrogens is 1070 g/mol. The first kappa shape index (κ1) is 42.8. The van der Waals surface area contributed by atoms with Gasteiger partial charge in [0.2, 0.25) is 10.9 Å². The van der Waals surface area contributed by atoms with Crippen LogP contribution >= 0.6 is 63.7 Å². The lowest BCUT2D eigenvalue weighted by Gasteiger charge is -2.11. The summed E-state index contributed by atoms with van der Waals surface area (Å²) in [7, 11) is 0. The van der Waals surface area contributed by atoms with E-state index >= 15 is 0 Å². The lowest BCUT2D eigenvalue weighted by Crippen LogP contribution is -2.07. The number of ketones is 2. The minimum absolute atomic E-state index is 0.131. The van der Waals surface area contributed by atoms with Crippen molar-refractivity contribution in [2.75, 3.05) is 0 Å². The van der Waals surface area contributed by atoms with Crippen molar-refractivity contribution in [2.24, 2.45) is 0 Å². The maximum atomic E-state index is 13.4. The van der Waals surface area contributed by atoms with E-state index in [-0.39, 0.29) is 44.6 Å². The highest BCUT2D eigenvalue weighted by Crippen LogP contribution is 2.36. The molecule has 0 aliphatic carbocycles. The number of fused-ring (bicyclic) bond motifs is 4. The van der Waals surface area contributed by atoms with Gasteiger partial charge in [0, 0.05) is 40.1 Å². The number of benzene rings is 8. The summed E-state index contributed by atoms with van der Waals surface area (Å²) in [5, 5.41) is 22.0. The minimum Gasteiger partial charge on any atom is -0.507 e. The monoisotopic (exact) mass is 1100 g/mol. The maximum absolute atomic E-state index is 13.4. The van der Waals surface area contributed by atoms with Crippen LogP contribution in [-0.2, 0) is 0 Å². The highest BCUT2D eigenvalue weighted by atomic mass is 79.9. The first-order chi connectivity index (χ1) is 30.8. The van der Waals surface area contributed by atoms with Gasteiger partial charge < -0.3 is 19.0 Å². The van der Waals surface area contributed by atoms with E-state index in [1.165, 1.54) is 24.3 Å². The lowest BCUT2D eigenvalue weighted by molar-refractivity contribution is 0.102. The average molecular weight is 1100 g/mol. The van der Waals surface area contributed by atoms with Crippen molar-refractivity contribution in [3.63, 3.8) is 0 Å². The third-order valence-corrected chi connectivity index (χ3v) is 12.5. The molecule has 0 fully saturated rings. The van der Waals surface area contributed by atoms with Crippen molar-refractivity contribution < 1.29 is 28.6 Å². The van der Waals surface area contributed by atoms with E-state index in [4.69, 9.17) is 8.83 Å². The van der Waals surface area contributed by atoms with Gasteiger partial charge in [-0.3, -0.25) is 19.2 Å². The Morgan fingerprint density at radius 2 is 0.766 bits per heavy atom. The fourth-order valence-electron chi connectivity index (χ4n) is 7.48. The molecule has 0 bridgehead atoms. The minimum atomic E-state index is -0.392. The third kappa shape index (κ3) is 8.25. The molecule has 0 aliphatic rings. The van der Waals surface area contributed by atoms with Gasteiger partial charge in [0.15, 0.2) is 11.6 Å². The van der Waals surface area contributed by atoms with Crippen molar-refractivity contribution in [3.05, 3.63) is 218 Å². The van der Waals surface area contributed by atoms with E-state index in [1.54, 1.807) is 60.7 Å². The van der Waals surface area contributed by atoms with Crippen molar-refractivity contribution in [3.8, 4) is 33.8 Å². The van der Waals surface area contributed by atoms with Crippen molar-refractivity contribution in [2.45, 2.75) is 0 Å². The van der Waals surface area contributed by atoms with E-state index in [0.717, 1.165) is 20.1 Å². The quantitative estimate of drug-likeness (QED) is 0.124. The third-order valence-electron chi connectivity index (χ3n) is 10.6. The van der Waals surface area contributed by atoms with E-state index in [0.29, 0.717) is 63.9 Å². The number of hydrogen-bond donors (Lipinski definition) is 2. The molecule has 64 heavy (non-hydrogen) atoms. The molecule has 0 saturated carbocycles. The van der Waals surface area contributed by atoms with Gasteiger partial charge in [0.1, 0.15) is 33.8 Å². The Kier molecular flexibility index (Phi) is 11.8. The molecule has 0 spiro atoms. The van der Waals surface area contributed by atoms with Gasteiger partial charge in [-0.15, -0.1) is 0 Å². The Morgan fingerprint density at radius 3 is 1.16 bits per heavy atom. The SMILES string of the molecule is O=C(c1cc(-c2ccccc2)c2oc3ccc(Br)cc3c(=O)c2c1)c1cc(Br)ccc1O.O=C(c1cc(-c2ccccc2)c2oc3ccc(Br)cc3c(=O)c2c1)c1cc(Br)ccc1O. The summed E-state index contributed by atoms with van der Waals surface area (Å²) in [5.74, 6) is -1.05. The number of carbonyl (C=O) groups excluding carboxylic acids is 2. The van der Waals surface area contributed by atoms with Crippen molar-refractivity contribution in [1.82, 2.24) is 0 Å². The zero-order valence-electron chi connectivity index (χ0n) is 32.9. The first-order valence-electron chi connectivity index (χ1n) is 19.4. The van der Waals surface area contributed by atoms with E-state index in [1.807, 2.05) is 72.8 Å². The summed E-state index contributed by atoms with van der Waals surface area (Å²) in [6, 6.07) is 45.2. The van der Waals surface area contributed by atoms with Crippen LogP contribution in [0.4, 0.5) is 0 Å². The summed E-state index contributed by atoms with van der Waals surface area (Å²) in [5.41, 5.74) is 5.02. The molecule has 12 heteroatoms. The zero-order valence-corrected chi connectivity index (χ0v) is 39.2. The second-order valence-electron chi connectivity index (χ2n) is 14.7. The largest absolute Gasteiger partial charge is 0.507 e. The Bertz CT molecular complexity index is 3420. The molecule has 10 rings (SSSR count). The van der Waals surface area contributed by atoms with Crippen LogP contribution in [0.2, 0.25) is 0 Å².